The SMILES string of the molecule is CCC(=O)C(=O)CCCCCCC(=O)Nc1ccccc1.O=C(CCCCCCC(=O)C(F)(F)F)Nc1ccccc1. The number of unbranched alkanes of at least 4 members (excludes halogenated alkanes) is 6. The van der Waals surface area contributed by atoms with Gasteiger partial charge in [0.15, 0.2) is 11.6 Å². The van der Waals surface area contributed by atoms with E-state index in [-0.39, 0.29) is 29.8 Å². The Labute approximate surface area is 245 Å². The molecule has 2 aromatic rings. The van der Waals surface area contributed by atoms with Crippen LogP contribution in [0.2, 0.25) is 0 Å². The molecular formula is C32H41F3N2O5. The topological polar surface area (TPSA) is 109 Å². The lowest BCUT2D eigenvalue weighted by molar-refractivity contribution is -0.171. The summed E-state index contributed by atoms with van der Waals surface area (Å²) in [5.41, 5.74) is 1.53. The lowest BCUT2D eigenvalue weighted by Gasteiger charge is -2.06. The second kappa shape index (κ2) is 21.0. The van der Waals surface area contributed by atoms with Crippen LogP contribution in [0.25, 0.3) is 0 Å². The number of hydrogen-bond acceptors (Lipinski definition) is 5. The number of nitrogens with one attached hydrogen (secondary N) is 2. The van der Waals surface area contributed by atoms with E-state index in [1.54, 1.807) is 19.1 Å². The fourth-order valence-corrected chi connectivity index (χ4v) is 3.82. The normalized spacial score (nSPS) is 10.7. The molecule has 0 fully saturated rings. The van der Waals surface area contributed by atoms with E-state index in [0.29, 0.717) is 44.9 Å². The average molecular weight is 591 g/mol. The van der Waals surface area contributed by atoms with Crippen molar-refractivity contribution in [2.75, 3.05) is 10.6 Å². The molecule has 0 aromatic heterocycles. The molecule has 0 spiro atoms. The predicted molar refractivity (Wildman–Crippen MR) is 157 cm³/mol. The standard InChI is InChI=1S/C17H23NO3.C15H18F3NO2/c1-2-15(19)16(20)12-8-3-4-9-13-17(21)18-14-10-6-5-7-11-14;16-15(17,18)13(20)10-6-1-2-7-11-14(21)19-12-8-4-3-5-9-12/h5-7,10-11H,2-4,8-9,12-13H2,1H3,(H,18,21);3-5,8-9H,1-2,6-7,10-11H2,(H,19,21). The highest BCUT2D eigenvalue weighted by Crippen LogP contribution is 2.20. The summed E-state index contributed by atoms with van der Waals surface area (Å²) in [7, 11) is 0. The first kappa shape index (κ1) is 36.2. The monoisotopic (exact) mass is 590 g/mol. The molecule has 0 bridgehead atoms. The summed E-state index contributed by atoms with van der Waals surface area (Å²) < 4.78 is 35.8. The molecule has 0 aliphatic rings. The van der Waals surface area contributed by atoms with Crippen LogP contribution < -0.4 is 10.6 Å². The summed E-state index contributed by atoms with van der Waals surface area (Å²) in [4.78, 5) is 56.3. The second-order valence-corrected chi connectivity index (χ2v) is 9.78. The zero-order valence-corrected chi connectivity index (χ0v) is 24.1. The Hall–Kier alpha value is -3.82. The summed E-state index contributed by atoms with van der Waals surface area (Å²) >= 11 is 0. The van der Waals surface area contributed by atoms with Gasteiger partial charge in [-0.1, -0.05) is 69.0 Å². The average Bonchev–Trinajstić information content (AvgIpc) is 2.96. The first-order valence-electron chi connectivity index (χ1n) is 14.4. The van der Waals surface area contributed by atoms with Gasteiger partial charge in [-0.05, 0) is 49.9 Å². The summed E-state index contributed by atoms with van der Waals surface area (Å²) in [5.74, 6) is -2.33. The number of carbonyl (C=O) groups is 5. The largest absolute Gasteiger partial charge is 0.449 e. The highest BCUT2D eigenvalue weighted by molar-refractivity contribution is 6.37. The zero-order valence-electron chi connectivity index (χ0n) is 24.1. The third-order valence-corrected chi connectivity index (χ3v) is 6.18. The first-order chi connectivity index (χ1) is 20.0. The molecule has 0 unspecified atom stereocenters. The molecule has 0 atom stereocenters. The third-order valence-electron chi connectivity index (χ3n) is 6.18. The molecule has 2 amide bonds. The maximum absolute atomic E-state index is 11.9. The van der Waals surface area contributed by atoms with E-state index in [0.717, 1.165) is 37.1 Å². The number of Topliss-reactive ketones (excluding diaryl/α,β-unsaturated/α-hetero) is 3. The number of rotatable bonds is 18. The van der Waals surface area contributed by atoms with Crippen LogP contribution in [0.1, 0.15) is 90.4 Å². The maximum Gasteiger partial charge on any atom is 0.449 e. The fraction of sp³-hybridized carbons (Fsp3) is 0.469. The Kier molecular flexibility index (Phi) is 18.1. The molecular weight excluding hydrogens is 549 g/mol. The van der Waals surface area contributed by atoms with E-state index in [2.05, 4.69) is 10.6 Å². The molecule has 0 aliphatic carbocycles. The molecule has 2 aromatic carbocycles. The van der Waals surface area contributed by atoms with Gasteiger partial charge in [0.1, 0.15) is 0 Å². The van der Waals surface area contributed by atoms with E-state index in [4.69, 9.17) is 0 Å². The Morgan fingerprint density at radius 1 is 0.548 bits per heavy atom. The minimum absolute atomic E-state index is 0.0124. The van der Waals surface area contributed by atoms with Gasteiger partial charge in [-0.2, -0.15) is 13.2 Å². The van der Waals surface area contributed by atoms with Crippen LogP contribution in [0, 0.1) is 0 Å². The summed E-state index contributed by atoms with van der Waals surface area (Å²) in [6.07, 6.45) is 1.48. The van der Waals surface area contributed by atoms with E-state index < -0.39 is 18.4 Å². The van der Waals surface area contributed by atoms with Crippen LogP contribution in [-0.4, -0.2) is 35.3 Å². The Morgan fingerprint density at radius 3 is 1.31 bits per heavy atom. The number of para-hydroxylation sites is 2. The van der Waals surface area contributed by atoms with Gasteiger partial charge in [-0.15, -0.1) is 0 Å². The van der Waals surface area contributed by atoms with Gasteiger partial charge in [0, 0.05) is 43.5 Å². The van der Waals surface area contributed by atoms with Crippen molar-refractivity contribution in [1.29, 1.82) is 0 Å². The number of amides is 2. The summed E-state index contributed by atoms with van der Waals surface area (Å²) in [6.45, 7) is 1.70. The van der Waals surface area contributed by atoms with Gasteiger partial charge >= 0.3 is 6.18 Å². The van der Waals surface area contributed by atoms with Gasteiger partial charge in [0.25, 0.3) is 0 Å². The number of carbonyl (C=O) groups excluding carboxylic acids is 5. The van der Waals surface area contributed by atoms with Crippen LogP contribution >= 0.6 is 0 Å². The summed E-state index contributed by atoms with van der Waals surface area (Å²) in [5, 5.41) is 5.56. The van der Waals surface area contributed by atoms with Gasteiger partial charge in [-0.3, -0.25) is 24.0 Å². The Morgan fingerprint density at radius 2 is 0.929 bits per heavy atom. The number of alkyl halides is 3. The van der Waals surface area contributed by atoms with E-state index in [1.807, 2.05) is 48.5 Å². The molecule has 0 saturated heterocycles. The summed E-state index contributed by atoms with van der Waals surface area (Å²) in [6, 6.07) is 18.4. The predicted octanol–water partition coefficient (Wildman–Crippen LogP) is 7.61. The van der Waals surface area contributed by atoms with Crippen molar-refractivity contribution in [2.24, 2.45) is 0 Å². The minimum atomic E-state index is -4.73. The lowest BCUT2D eigenvalue weighted by atomic mass is 10.1. The fourth-order valence-electron chi connectivity index (χ4n) is 3.82. The van der Waals surface area contributed by atoms with Gasteiger partial charge in [0.2, 0.25) is 17.6 Å². The highest BCUT2D eigenvalue weighted by atomic mass is 19.4. The first-order valence-corrected chi connectivity index (χ1v) is 14.4. The van der Waals surface area contributed by atoms with Crippen molar-refractivity contribution in [1.82, 2.24) is 0 Å². The molecule has 0 saturated carbocycles. The van der Waals surface area contributed by atoms with Crippen LogP contribution in [0.15, 0.2) is 60.7 Å². The van der Waals surface area contributed by atoms with E-state index in [1.165, 1.54) is 0 Å². The molecule has 0 heterocycles. The third kappa shape index (κ3) is 17.8. The molecule has 10 heteroatoms. The number of ketones is 3. The number of hydrogen-bond donors (Lipinski definition) is 2. The maximum atomic E-state index is 11.9. The molecule has 2 N–H and O–H groups in total. The molecule has 2 rings (SSSR count). The van der Waals surface area contributed by atoms with Crippen molar-refractivity contribution < 1.29 is 37.1 Å². The van der Waals surface area contributed by atoms with E-state index in [9.17, 15) is 37.1 Å². The van der Waals surface area contributed by atoms with Crippen molar-refractivity contribution in [2.45, 2.75) is 96.6 Å². The number of anilines is 2. The molecule has 42 heavy (non-hydrogen) atoms. The second-order valence-electron chi connectivity index (χ2n) is 9.78. The van der Waals surface area contributed by atoms with Gasteiger partial charge < -0.3 is 10.6 Å². The van der Waals surface area contributed by atoms with Gasteiger partial charge in [0.05, 0.1) is 0 Å². The van der Waals surface area contributed by atoms with Crippen molar-refractivity contribution in [3.63, 3.8) is 0 Å². The van der Waals surface area contributed by atoms with Gasteiger partial charge in [-0.25, -0.2) is 0 Å². The van der Waals surface area contributed by atoms with Crippen LogP contribution in [0.5, 0.6) is 0 Å². The lowest BCUT2D eigenvalue weighted by Crippen LogP contribution is -2.22. The van der Waals surface area contributed by atoms with Crippen LogP contribution in [0.4, 0.5) is 24.5 Å². The molecule has 7 nitrogen and oxygen atoms in total. The number of halogens is 3. The minimum Gasteiger partial charge on any atom is -0.326 e. The quantitative estimate of drug-likeness (QED) is 0.137. The zero-order chi connectivity index (χ0) is 31.2. The number of benzene rings is 2. The molecule has 0 radical (unpaired) electrons. The van der Waals surface area contributed by atoms with Crippen molar-refractivity contribution in [3.05, 3.63) is 60.7 Å². The molecule has 0 aliphatic heterocycles. The smallest absolute Gasteiger partial charge is 0.326 e. The highest BCUT2D eigenvalue weighted by Gasteiger charge is 2.37. The Bertz CT molecular complexity index is 1110. The van der Waals surface area contributed by atoms with Crippen molar-refractivity contribution in [3.8, 4) is 0 Å². The van der Waals surface area contributed by atoms with Crippen molar-refractivity contribution >= 4 is 40.5 Å². The van der Waals surface area contributed by atoms with Crippen LogP contribution in [-0.2, 0) is 24.0 Å². The van der Waals surface area contributed by atoms with E-state index >= 15 is 0 Å². The molecule has 230 valence electrons. The Balaban J connectivity index is 0.000000420. The van der Waals surface area contributed by atoms with Crippen LogP contribution in [0.3, 0.4) is 0 Å².